The molecule has 2 aromatic rings. The van der Waals surface area contributed by atoms with Crippen LogP contribution in [0.5, 0.6) is 0 Å². The molecule has 3 rings (SSSR count). The van der Waals surface area contributed by atoms with E-state index in [4.69, 9.17) is 14.1 Å². The molecule has 144 valence electrons. The molecule has 10 nitrogen and oxygen atoms in total. The first kappa shape index (κ1) is 18.7. The van der Waals surface area contributed by atoms with E-state index in [0.717, 1.165) is 64.6 Å². The van der Waals surface area contributed by atoms with Crippen molar-refractivity contribution in [3.63, 3.8) is 0 Å². The van der Waals surface area contributed by atoms with Crippen molar-refractivity contribution in [2.75, 3.05) is 76.9 Å². The lowest BCUT2D eigenvalue weighted by Gasteiger charge is -2.27. The highest BCUT2D eigenvalue weighted by Crippen LogP contribution is 2.23. The molecule has 2 aromatic heterocycles. The van der Waals surface area contributed by atoms with Crippen LogP contribution in [0.1, 0.15) is 12.8 Å². The standard InChI is InChI=1S/C16H27N7O3/c1-22(6-4-7-23-8-11-25-12-9-23)16-15(17-5-3-10-24-2)18-13-14(19-16)21-26-20-13/h3-12H2,1-2H3,(H,17,18,20). The van der Waals surface area contributed by atoms with Gasteiger partial charge >= 0.3 is 0 Å². The zero-order valence-electron chi connectivity index (χ0n) is 15.5. The molecule has 0 radical (unpaired) electrons. The van der Waals surface area contributed by atoms with Crippen LogP contribution in [0.15, 0.2) is 4.63 Å². The quantitative estimate of drug-likeness (QED) is 0.603. The predicted molar refractivity (Wildman–Crippen MR) is 97.5 cm³/mol. The molecule has 0 aliphatic carbocycles. The summed E-state index contributed by atoms with van der Waals surface area (Å²) in [7, 11) is 3.71. The Bertz CT molecular complexity index is 675. The minimum Gasteiger partial charge on any atom is -0.385 e. The number of morpholine rings is 1. The zero-order valence-corrected chi connectivity index (χ0v) is 15.5. The summed E-state index contributed by atoms with van der Waals surface area (Å²) in [6, 6.07) is 0. The highest BCUT2D eigenvalue weighted by molar-refractivity contribution is 5.73. The van der Waals surface area contributed by atoms with E-state index in [1.165, 1.54) is 0 Å². The third-order valence-corrected chi connectivity index (χ3v) is 4.35. The van der Waals surface area contributed by atoms with Gasteiger partial charge in [-0.15, -0.1) is 0 Å². The molecule has 0 unspecified atom stereocenters. The molecule has 3 heterocycles. The summed E-state index contributed by atoms with van der Waals surface area (Å²) in [4.78, 5) is 13.6. The van der Waals surface area contributed by atoms with Crippen LogP contribution in [0.3, 0.4) is 0 Å². The number of hydrogen-bond donors (Lipinski definition) is 1. The maximum atomic E-state index is 5.39. The molecule has 0 atom stereocenters. The number of anilines is 2. The third-order valence-electron chi connectivity index (χ3n) is 4.35. The van der Waals surface area contributed by atoms with Crippen molar-refractivity contribution < 1.29 is 14.1 Å². The summed E-state index contributed by atoms with van der Waals surface area (Å²) in [6.45, 7) is 7.02. The number of nitrogens with one attached hydrogen (secondary N) is 1. The second-order valence-electron chi connectivity index (χ2n) is 6.31. The van der Waals surface area contributed by atoms with Gasteiger partial charge in [0.05, 0.1) is 13.2 Å². The molecule has 0 bridgehead atoms. The number of methoxy groups -OCH3 is 1. The first-order valence-corrected chi connectivity index (χ1v) is 9.02. The first-order chi connectivity index (χ1) is 12.8. The van der Waals surface area contributed by atoms with Crippen LogP contribution in [0.2, 0.25) is 0 Å². The Labute approximate surface area is 152 Å². The van der Waals surface area contributed by atoms with Crippen molar-refractivity contribution in [2.45, 2.75) is 12.8 Å². The highest BCUT2D eigenvalue weighted by Gasteiger charge is 2.16. The van der Waals surface area contributed by atoms with Gasteiger partial charge in [0.2, 0.25) is 11.3 Å². The zero-order chi connectivity index (χ0) is 18.2. The van der Waals surface area contributed by atoms with Gasteiger partial charge in [0.25, 0.3) is 0 Å². The lowest BCUT2D eigenvalue weighted by Crippen LogP contribution is -2.38. The summed E-state index contributed by atoms with van der Waals surface area (Å²) in [5.74, 6) is 1.45. The lowest BCUT2D eigenvalue weighted by atomic mass is 10.3. The van der Waals surface area contributed by atoms with Gasteiger partial charge < -0.3 is 19.7 Å². The molecule has 1 N–H and O–H groups in total. The second-order valence-corrected chi connectivity index (χ2v) is 6.31. The van der Waals surface area contributed by atoms with E-state index in [9.17, 15) is 0 Å². The fourth-order valence-electron chi connectivity index (χ4n) is 2.90. The number of hydrogen-bond acceptors (Lipinski definition) is 10. The second kappa shape index (κ2) is 9.60. The van der Waals surface area contributed by atoms with Crippen LogP contribution in [-0.4, -0.2) is 91.9 Å². The van der Waals surface area contributed by atoms with Crippen molar-refractivity contribution >= 4 is 22.9 Å². The van der Waals surface area contributed by atoms with Gasteiger partial charge in [-0.1, -0.05) is 0 Å². The Morgan fingerprint density at radius 2 is 1.92 bits per heavy atom. The normalized spacial score (nSPS) is 15.5. The molecule has 1 fully saturated rings. The Morgan fingerprint density at radius 1 is 1.15 bits per heavy atom. The van der Waals surface area contributed by atoms with Gasteiger partial charge in [0.15, 0.2) is 11.6 Å². The van der Waals surface area contributed by atoms with Crippen LogP contribution in [0, 0.1) is 0 Å². The van der Waals surface area contributed by atoms with E-state index < -0.39 is 0 Å². The number of aromatic nitrogens is 4. The van der Waals surface area contributed by atoms with E-state index in [-0.39, 0.29) is 0 Å². The monoisotopic (exact) mass is 365 g/mol. The van der Waals surface area contributed by atoms with E-state index >= 15 is 0 Å². The predicted octanol–water partition coefficient (Wildman–Crippen LogP) is 0.620. The average molecular weight is 365 g/mol. The van der Waals surface area contributed by atoms with Crippen LogP contribution in [0.25, 0.3) is 11.3 Å². The fourth-order valence-corrected chi connectivity index (χ4v) is 2.90. The molecular formula is C16H27N7O3. The third kappa shape index (κ3) is 4.99. The van der Waals surface area contributed by atoms with Crippen LogP contribution < -0.4 is 10.2 Å². The summed E-state index contributed by atoms with van der Waals surface area (Å²) in [6.07, 6.45) is 1.92. The molecule has 26 heavy (non-hydrogen) atoms. The topological polar surface area (TPSA) is 102 Å². The molecule has 0 amide bonds. The number of fused-ring (bicyclic) bond motifs is 1. The average Bonchev–Trinajstić information content (AvgIpc) is 3.12. The lowest BCUT2D eigenvalue weighted by molar-refractivity contribution is 0.0377. The van der Waals surface area contributed by atoms with E-state index in [1.54, 1.807) is 7.11 Å². The van der Waals surface area contributed by atoms with Crippen molar-refractivity contribution in [1.82, 2.24) is 25.2 Å². The summed E-state index contributed by atoms with van der Waals surface area (Å²) < 4.78 is 15.2. The van der Waals surface area contributed by atoms with Gasteiger partial charge in [0, 0.05) is 53.5 Å². The Morgan fingerprint density at radius 3 is 2.69 bits per heavy atom. The molecule has 0 spiro atoms. The summed E-state index contributed by atoms with van der Waals surface area (Å²) in [5.41, 5.74) is 0.826. The van der Waals surface area contributed by atoms with Crippen molar-refractivity contribution in [3.05, 3.63) is 0 Å². The van der Waals surface area contributed by atoms with Gasteiger partial charge in [-0.2, -0.15) is 0 Å². The number of nitrogens with zero attached hydrogens (tertiary/aromatic N) is 6. The Balaban J connectivity index is 1.61. The first-order valence-electron chi connectivity index (χ1n) is 9.02. The van der Waals surface area contributed by atoms with Gasteiger partial charge in [-0.25, -0.2) is 14.6 Å². The Hall–Kier alpha value is -2.04. The molecule has 1 aliphatic rings. The van der Waals surface area contributed by atoms with E-state index in [1.807, 2.05) is 7.05 Å². The SMILES string of the molecule is COCCCNc1nc2nonc2nc1N(C)CCCN1CCOCC1. The summed E-state index contributed by atoms with van der Waals surface area (Å²) in [5, 5.41) is 10.9. The van der Waals surface area contributed by atoms with E-state index in [2.05, 4.69) is 35.4 Å². The smallest absolute Gasteiger partial charge is 0.245 e. The number of ether oxygens (including phenoxy) is 2. The van der Waals surface area contributed by atoms with Crippen molar-refractivity contribution in [3.8, 4) is 0 Å². The minimum atomic E-state index is 0.407. The van der Waals surface area contributed by atoms with Gasteiger partial charge in [-0.05, 0) is 23.2 Å². The molecule has 0 aromatic carbocycles. The maximum Gasteiger partial charge on any atom is 0.245 e. The Kier molecular flexibility index (Phi) is 6.92. The molecule has 1 aliphatic heterocycles. The largest absolute Gasteiger partial charge is 0.385 e. The highest BCUT2D eigenvalue weighted by atomic mass is 16.6. The van der Waals surface area contributed by atoms with Crippen LogP contribution in [-0.2, 0) is 9.47 Å². The summed E-state index contributed by atoms with van der Waals surface area (Å²) >= 11 is 0. The molecule has 10 heteroatoms. The van der Waals surface area contributed by atoms with E-state index in [0.29, 0.717) is 23.7 Å². The van der Waals surface area contributed by atoms with Gasteiger partial charge in [0.1, 0.15) is 0 Å². The van der Waals surface area contributed by atoms with Crippen molar-refractivity contribution in [2.24, 2.45) is 0 Å². The number of rotatable bonds is 10. The van der Waals surface area contributed by atoms with Crippen LogP contribution in [0.4, 0.5) is 11.6 Å². The molecule has 1 saturated heterocycles. The minimum absolute atomic E-state index is 0.407. The fraction of sp³-hybridized carbons (Fsp3) is 0.750. The van der Waals surface area contributed by atoms with Crippen LogP contribution >= 0.6 is 0 Å². The maximum absolute atomic E-state index is 5.39. The molecule has 0 saturated carbocycles. The molecular weight excluding hydrogens is 338 g/mol. The van der Waals surface area contributed by atoms with Crippen molar-refractivity contribution in [1.29, 1.82) is 0 Å². The van der Waals surface area contributed by atoms with Gasteiger partial charge in [-0.3, -0.25) is 4.90 Å².